The van der Waals surface area contributed by atoms with Crippen LogP contribution in [0.15, 0.2) is 30.3 Å². The zero-order valence-electron chi connectivity index (χ0n) is 14.2. The van der Waals surface area contributed by atoms with Crippen LogP contribution in [-0.4, -0.2) is 28.3 Å². The molecule has 132 valence electrons. The van der Waals surface area contributed by atoms with Gasteiger partial charge >= 0.3 is 5.97 Å². The van der Waals surface area contributed by atoms with E-state index in [1.807, 2.05) is 19.1 Å². The van der Waals surface area contributed by atoms with Crippen LogP contribution in [0.25, 0.3) is 0 Å². The average molecular weight is 362 g/mol. The number of aromatic nitrogens is 2. The van der Waals surface area contributed by atoms with Crippen molar-refractivity contribution in [2.75, 3.05) is 11.9 Å². The van der Waals surface area contributed by atoms with Gasteiger partial charge in [0.2, 0.25) is 0 Å². The molecule has 0 spiro atoms. The molecular weight excluding hydrogens is 342 g/mol. The molecule has 2 aromatic rings. The Morgan fingerprint density at radius 3 is 2.52 bits per heavy atom. The minimum atomic E-state index is -0.659. The number of aryl methyl sites for hydroxylation is 2. The fraction of sp³-hybridized carbons (Fsp3) is 0.389. The van der Waals surface area contributed by atoms with Crippen molar-refractivity contribution in [2.24, 2.45) is 7.05 Å². The quantitative estimate of drug-likeness (QED) is 0.831. The number of esters is 1. The smallest absolute Gasteiger partial charge is 0.317 e. The van der Waals surface area contributed by atoms with Gasteiger partial charge in [-0.2, -0.15) is 5.10 Å². The largest absolute Gasteiger partial charge is 0.455 e. The molecule has 1 amide bonds. The van der Waals surface area contributed by atoms with Crippen molar-refractivity contribution < 1.29 is 14.3 Å². The molecule has 0 bridgehead atoms. The molecule has 0 atom stereocenters. The van der Waals surface area contributed by atoms with Crippen LogP contribution in [0.3, 0.4) is 0 Å². The van der Waals surface area contributed by atoms with Gasteiger partial charge in [-0.05, 0) is 37.5 Å². The summed E-state index contributed by atoms with van der Waals surface area (Å²) in [6.07, 6.45) is 2.39. The minimum Gasteiger partial charge on any atom is -0.455 e. The van der Waals surface area contributed by atoms with Crippen LogP contribution in [-0.2, 0) is 26.8 Å². The van der Waals surface area contributed by atoms with Gasteiger partial charge in [-0.3, -0.25) is 14.3 Å². The maximum atomic E-state index is 12.6. The van der Waals surface area contributed by atoms with Gasteiger partial charge in [0.25, 0.3) is 5.91 Å². The molecular formula is C18H20ClN3O3. The molecule has 25 heavy (non-hydrogen) atoms. The Kier molecular flexibility index (Phi) is 4.81. The zero-order valence-corrected chi connectivity index (χ0v) is 15.0. The molecule has 6 nitrogen and oxygen atoms in total. The average Bonchev–Trinajstić information content (AvgIpc) is 2.83. The second kappa shape index (κ2) is 6.88. The van der Waals surface area contributed by atoms with Crippen molar-refractivity contribution in [1.82, 2.24) is 9.78 Å². The second-order valence-electron chi connectivity index (χ2n) is 6.36. The summed E-state index contributed by atoms with van der Waals surface area (Å²) in [6, 6.07) is 8.98. The molecule has 0 radical (unpaired) electrons. The Hall–Kier alpha value is -2.34. The Labute approximate surface area is 151 Å². The van der Waals surface area contributed by atoms with Crippen LogP contribution in [0.2, 0.25) is 5.02 Å². The first kappa shape index (κ1) is 17.5. The van der Waals surface area contributed by atoms with Crippen LogP contribution >= 0.6 is 11.6 Å². The molecule has 3 rings (SSSR count). The van der Waals surface area contributed by atoms with E-state index in [0.29, 0.717) is 10.8 Å². The third-order valence-corrected chi connectivity index (χ3v) is 4.85. The summed E-state index contributed by atoms with van der Waals surface area (Å²) in [4.78, 5) is 24.7. The van der Waals surface area contributed by atoms with Crippen LogP contribution < -0.4 is 5.32 Å². The van der Waals surface area contributed by atoms with Crippen molar-refractivity contribution in [2.45, 2.75) is 31.6 Å². The van der Waals surface area contributed by atoms with Crippen LogP contribution in [0.5, 0.6) is 0 Å². The Morgan fingerprint density at radius 1 is 1.32 bits per heavy atom. The number of anilines is 1. The van der Waals surface area contributed by atoms with E-state index in [2.05, 4.69) is 10.4 Å². The van der Waals surface area contributed by atoms with Crippen molar-refractivity contribution in [1.29, 1.82) is 0 Å². The topological polar surface area (TPSA) is 73.2 Å². The molecule has 1 aliphatic carbocycles. The molecule has 0 saturated heterocycles. The van der Waals surface area contributed by atoms with Gasteiger partial charge in [0, 0.05) is 18.1 Å². The van der Waals surface area contributed by atoms with E-state index in [4.69, 9.17) is 16.3 Å². The van der Waals surface area contributed by atoms with E-state index >= 15 is 0 Å². The number of nitrogens with one attached hydrogen (secondary N) is 1. The van der Waals surface area contributed by atoms with Gasteiger partial charge in [0.05, 0.1) is 11.1 Å². The first-order chi connectivity index (χ1) is 11.9. The molecule has 1 aromatic heterocycles. The number of halogens is 1. The fourth-order valence-electron chi connectivity index (χ4n) is 3.09. The Morgan fingerprint density at radius 2 is 2.00 bits per heavy atom. The molecule has 0 unspecified atom stereocenters. The number of ether oxygens (including phenoxy) is 1. The van der Waals surface area contributed by atoms with Gasteiger partial charge in [0.1, 0.15) is 5.82 Å². The summed E-state index contributed by atoms with van der Waals surface area (Å²) >= 11 is 5.92. The van der Waals surface area contributed by atoms with E-state index in [1.54, 1.807) is 29.9 Å². The number of carbonyl (C=O) groups is 2. The Bertz CT molecular complexity index is 794. The third-order valence-electron chi connectivity index (χ3n) is 4.60. The fourth-order valence-corrected chi connectivity index (χ4v) is 3.21. The van der Waals surface area contributed by atoms with Gasteiger partial charge in [-0.25, -0.2) is 0 Å². The highest BCUT2D eigenvalue weighted by atomic mass is 35.5. The lowest BCUT2D eigenvalue weighted by atomic mass is 9.64. The summed E-state index contributed by atoms with van der Waals surface area (Å²) < 4.78 is 6.87. The molecule has 1 aromatic carbocycles. The number of benzene rings is 1. The summed E-state index contributed by atoms with van der Waals surface area (Å²) in [5, 5.41) is 7.46. The summed E-state index contributed by atoms with van der Waals surface area (Å²) in [7, 11) is 1.73. The van der Waals surface area contributed by atoms with E-state index < -0.39 is 5.41 Å². The monoisotopic (exact) mass is 361 g/mol. The highest BCUT2D eigenvalue weighted by molar-refractivity contribution is 6.30. The first-order valence-electron chi connectivity index (χ1n) is 8.14. The number of carbonyl (C=O) groups excluding carboxylic acids is 2. The highest BCUT2D eigenvalue weighted by Gasteiger charge is 2.47. The van der Waals surface area contributed by atoms with Gasteiger partial charge in [0.15, 0.2) is 6.61 Å². The predicted octanol–water partition coefficient (Wildman–Crippen LogP) is 2.99. The third kappa shape index (κ3) is 3.54. The lowest BCUT2D eigenvalue weighted by Gasteiger charge is -2.39. The SMILES string of the molecule is Cc1cc(NC(=O)COC(=O)C2(c3ccc(Cl)cc3)CCC2)n(C)n1. The predicted molar refractivity (Wildman–Crippen MR) is 94.5 cm³/mol. The van der Waals surface area contributed by atoms with Crippen LogP contribution in [0, 0.1) is 6.92 Å². The summed E-state index contributed by atoms with van der Waals surface area (Å²) in [5.74, 6) is -0.186. The van der Waals surface area contributed by atoms with E-state index in [-0.39, 0.29) is 18.5 Å². The lowest BCUT2D eigenvalue weighted by Crippen LogP contribution is -2.44. The number of hydrogen-bond donors (Lipinski definition) is 1. The maximum absolute atomic E-state index is 12.6. The van der Waals surface area contributed by atoms with Crippen molar-refractivity contribution in [3.8, 4) is 0 Å². The number of rotatable bonds is 5. The van der Waals surface area contributed by atoms with Gasteiger partial charge in [-0.1, -0.05) is 30.2 Å². The molecule has 1 aliphatic rings. The van der Waals surface area contributed by atoms with Crippen molar-refractivity contribution in [3.05, 3.63) is 46.6 Å². The van der Waals surface area contributed by atoms with E-state index in [0.717, 1.165) is 30.5 Å². The highest BCUT2D eigenvalue weighted by Crippen LogP contribution is 2.45. The standard InChI is InChI=1S/C18H20ClN3O3/c1-12-10-15(22(2)21-12)20-16(23)11-25-17(24)18(8-3-9-18)13-4-6-14(19)7-5-13/h4-7,10H,3,8-9,11H2,1-2H3,(H,20,23). The minimum absolute atomic E-state index is 0.321. The molecule has 0 aliphatic heterocycles. The van der Waals surface area contributed by atoms with Crippen molar-refractivity contribution >= 4 is 29.3 Å². The molecule has 1 fully saturated rings. The van der Waals surface area contributed by atoms with Crippen molar-refractivity contribution in [3.63, 3.8) is 0 Å². The first-order valence-corrected chi connectivity index (χ1v) is 8.52. The normalized spacial score (nSPS) is 15.3. The molecule has 1 saturated carbocycles. The maximum Gasteiger partial charge on any atom is 0.317 e. The molecule has 1 N–H and O–H groups in total. The lowest BCUT2D eigenvalue weighted by molar-refractivity contribution is -0.156. The number of amides is 1. The van der Waals surface area contributed by atoms with Crippen LogP contribution in [0.4, 0.5) is 5.82 Å². The van der Waals surface area contributed by atoms with Crippen LogP contribution in [0.1, 0.15) is 30.5 Å². The van der Waals surface area contributed by atoms with Gasteiger partial charge in [-0.15, -0.1) is 0 Å². The van der Waals surface area contributed by atoms with E-state index in [9.17, 15) is 9.59 Å². The molecule has 7 heteroatoms. The summed E-state index contributed by atoms with van der Waals surface area (Å²) in [5.41, 5.74) is 1.02. The van der Waals surface area contributed by atoms with E-state index in [1.165, 1.54) is 0 Å². The zero-order chi connectivity index (χ0) is 18.0. The number of hydrogen-bond acceptors (Lipinski definition) is 4. The van der Waals surface area contributed by atoms with Gasteiger partial charge < -0.3 is 10.1 Å². The molecule has 1 heterocycles. The Balaban J connectivity index is 1.62. The summed E-state index contributed by atoms with van der Waals surface area (Å²) in [6.45, 7) is 1.51. The second-order valence-corrected chi connectivity index (χ2v) is 6.80. The number of nitrogens with zero attached hydrogens (tertiary/aromatic N) is 2.